The van der Waals surface area contributed by atoms with Crippen LogP contribution in [-0.4, -0.2) is 37.3 Å². The number of anilines is 2. The number of rotatable bonds is 8. The first-order valence-electron chi connectivity index (χ1n) is 9.60. The molecular weight excluding hydrogens is 452 g/mol. The highest BCUT2D eigenvalue weighted by molar-refractivity contribution is 8.01. The van der Waals surface area contributed by atoms with Gasteiger partial charge in [0.2, 0.25) is 5.13 Å². The number of carbonyl (C=O) groups excluding carboxylic acids is 1. The zero-order chi connectivity index (χ0) is 22.6. The van der Waals surface area contributed by atoms with Crippen LogP contribution in [-0.2, 0) is 10.0 Å². The van der Waals surface area contributed by atoms with E-state index in [0.717, 1.165) is 20.0 Å². The van der Waals surface area contributed by atoms with Crippen LogP contribution in [0, 0.1) is 12.8 Å². The minimum absolute atomic E-state index is 0.159. The Morgan fingerprint density at radius 3 is 2.48 bits per heavy atom. The van der Waals surface area contributed by atoms with Gasteiger partial charge in [-0.15, -0.1) is 10.2 Å². The molecule has 1 amide bonds. The zero-order valence-electron chi connectivity index (χ0n) is 17.7. The SMILES string of the molecule is Cc1ccc(S(=O)(=O)N(C)c2ccccc2C(=O)Nc2nnc(SCC(C)C)s2)cc1. The molecule has 0 unspecified atom stereocenters. The number of carbonyl (C=O) groups is 1. The molecule has 0 aliphatic heterocycles. The summed E-state index contributed by atoms with van der Waals surface area (Å²) in [5.41, 5.74) is 1.47. The Labute approximate surface area is 191 Å². The fraction of sp³-hybridized carbons (Fsp3) is 0.286. The predicted molar refractivity (Wildman–Crippen MR) is 127 cm³/mol. The third kappa shape index (κ3) is 5.63. The Bertz CT molecular complexity index is 1160. The molecule has 3 rings (SSSR count). The topological polar surface area (TPSA) is 92.3 Å². The van der Waals surface area contributed by atoms with Crippen molar-refractivity contribution in [3.63, 3.8) is 0 Å². The average molecular weight is 477 g/mol. The molecule has 0 aliphatic rings. The number of aromatic nitrogens is 2. The van der Waals surface area contributed by atoms with Gasteiger partial charge in [0.1, 0.15) is 0 Å². The smallest absolute Gasteiger partial charge is 0.264 e. The fourth-order valence-corrected chi connectivity index (χ4v) is 5.60. The molecule has 1 aromatic heterocycles. The summed E-state index contributed by atoms with van der Waals surface area (Å²) in [5, 5.41) is 11.2. The van der Waals surface area contributed by atoms with Gasteiger partial charge in [0.15, 0.2) is 4.34 Å². The Balaban J connectivity index is 1.82. The van der Waals surface area contributed by atoms with E-state index in [9.17, 15) is 13.2 Å². The Kier molecular flexibility index (Phi) is 7.34. The van der Waals surface area contributed by atoms with Crippen molar-refractivity contribution in [3.8, 4) is 0 Å². The van der Waals surface area contributed by atoms with Crippen LogP contribution in [0.3, 0.4) is 0 Å². The normalized spacial score (nSPS) is 11.5. The first kappa shape index (κ1) is 23.2. The first-order valence-corrected chi connectivity index (χ1v) is 12.8. The van der Waals surface area contributed by atoms with Gasteiger partial charge in [-0.1, -0.05) is 66.8 Å². The van der Waals surface area contributed by atoms with Gasteiger partial charge in [-0.05, 0) is 37.1 Å². The molecule has 2 aromatic carbocycles. The van der Waals surface area contributed by atoms with Crippen LogP contribution in [0.1, 0.15) is 29.8 Å². The number of nitrogens with zero attached hydrogens (tertiary/aromatic N) is 3. The molecule has 1 heterocycles. The monoisotopic (exact) mass is 476 g/mol. The number of hydrogen-bond acceptors (Lipinski definition) is 7. The van der Waals surface area contributed by atoms with Crippen molar-refractivity contribution < 1.29 is 13.2 Å². The minimum atomic E-state index is -3.82. The van der Waals surface area contributed by atoms with Gasteiger partial charge in [0.05, 0.1) is 16.1 Å². The van der Waals surface area contributed by atoms with Crippen molar-refractivity contribution in [1.29, 1.82) is 0 Å². The molecule has 10 heteroatoms. The lowest BCUT2D eigenvalue weighted by Gasteiger charge is -2.22. The summed E-state index contributed by atoms with van der Waals surface area (Å²) in [6, 6.07) is 13.2. The van der Waals surface area contributed by atoms with E-state index >= 15 is 0 Å². The van der Waals surface area contributed by atoms with E-state index in [4.69, 9.17) is 0 Å². The van der Waals surface area contributed by atoms with E-state index < -0.39 is 15.9 Å². The largest absolute Gasteiger partial charge is 0.296 e. The Morgan fingerprint density at radius 1 is 1.13 bits per heavy atom. The van der Waals surface area contributed by atoms with Crippen LogP contribution < -0.4 is 9.62 Å². The third-order valence-electron chi connectivity index (χ3n) is 4.33. The summed E-state index contributed by atoms with van der Waals surface area (Å²) in [5.74, 6) is 0.982. The van der Waals surface area contributed by atoms with Gasteiger partial charge in [0.25, 0.3) is 15.9 Å². The summed E-state index contributed by atoms with van der Waals surface area (Å²) in [4.78, 5) is 13.1. The first-order chi connectivity index (χ1) is 14.7. The van der Waals surface area contributed by atoms with Crippen molar-refractivity contribution in [1.82, 2.24) is 10.2 Å². The highest BCUT2D eigenvalue weighted by atomic mass is 32.2. The second-order valence-corrected chi connectivity index (χ2v) is 11.5. The van der Waals surface area contributed by atoms with Crippen LogP contribution >= 0.6 is 23.1 Å². The molecule has 0 aliphatic carbocycles. The lowest BCUT2D eigenvalue weighted by molar-refractivity contribution is 0.102. The molecule has 31 heavy (non-hydrogen) atoms. The molecular formula is C21H24N4O3S3. The van der Waals surface area contributed by atoms with Crippen LogP contribution in [0.2, 0.25) is 0 Å². The number of para-hydroxylation sites is 1. The zero-order valence-corrected chi connectivity index (χ0v) is 20.1. The van der Waals surface area contributed by atoms with E-state index in [0.29, 0.717) is 11.0 Å². The van der Waals surface area contributed by atoms with Crippen LogP contribution in [0.4, 0.5) is 10.8 Å². The van der Waals surface area contributed by atoms with E-state index in [1.165, 1.54) is 18.4 Å². The van der Waals surface area contributed by atoms with E-state index in [1.54, 1.807) is 60.3 Å². The highest BCUT2D eigenvalue weighted by Gasteiger charge is 2.25. The van der Waals surface area contributed by atoms with Gasteiger partial charge in [-0.2, -0.15) is 0 Å². The summed E-state index contributed by atoms with van der Waals surface area (Å²) in [6.07, 6.45) is 0. The summed E-state index contributed by atoms with van der Waals surface area (Å²) >= 11 is 2.88. The van der Waals surface area contributed by atoms with Crippen LogP contribution in [0.15, 0.2) is 57.8 Å². The lowest BCUT2D eigenvalue weighted by atomic mass is 10.1. The number of thioether (sulfide) groups is 1. The van der Waals surface area contributed by atoms with Crippen molar-refractivity contribution in [2.45, 2.75) is 30.0 Å². The number of benzene rings is 2. The van der Waals surface area contributed by atoms with Crippen molar-refractivity contribution in [2.75, 3.05) is 22.4 Å². The van der Waals surface area contributed by atoms with Gasteiger partial charge < -0.3 is 0 Å². The molecule has 0 atom stereocenters. The molecule has 3 aromatic rings. The van der Waals surface area contributed by atoms with Crippen LogP contribution in [0.25, 0.3) is 0 Å². The molecule has 164 valence electrons. The van der Waals surface area contributed by atoms with Gasteiger partial charge in [0, 0.05) is 12.8 Å². The number of sulfonamides is 1. The Morgan fingerprint density at radius 2 is 1.81 bits per heavy atom. The summed E-state index contributed by atoms with van der Waals surface area (Å²) in [7, 11) is -2.39. The minimum Gasteiger partial charge on any atom is -0.296 e. The molecule has 0 saturated carbocycles. The molecule has 7 nitrogen and oxygen atoms in total. The van der Waals surface area contributed by atoms with E-state index in [1.807, 2.05) is 6.92 Å². The van der Waals surface area contributed by atoms with Crippen LogP contribution in [0.5, 0.6) is 0 Å². The Hall–Kier alpha value is -2.43. The van der Waals surface area contributed by atoms with E-state index in [-0.39, 0.29) is 16.1 Å². The molecule has 0 saturated heterocycles. The standard InChI is InChI=1S/C21H24N4O3S3/c1-14(2)13-29-21-24-23-20(30-21)22-19(26)17-7-5-6-8-18(17)25(4)31(27,28)16-11-9-15(3)10-12-16/h5-12,14H,13H2,1-4H3,(H,22,23,26). The van der Waals surface area contributed by atoms with Gasteiger partial charge in [-0.3, -0.25) is 14.4 Å². The molecule has 0 radical (unpaired) electrons. The van der Waals surface area contributed by atoms with Crippen molar-refractivity contribution in [3.05, 3.63) is 59.7 Å². The maximum Gasteiger partial charge on any atom is 0.264 e. The second-order valence-electron chi connectivity index (χ2n) is 7.33. The second kappa shape index (κ2) is 9.80. The quantitative estimate of drug-likeness (QED) is 0.375. The summed E-state index contributed by atoms with van der Waals surface area (Å²) in [6.45, 7) is 6.13. The number of amides is 1. The molecule has 1 N–H and O–H groups in total. The van der Waals surface area contributed by atoms with E-state index in [2.05, 4.69) is 29.4 Å². The molecule has 0 fully saturated rings. The maximum absolute atomic E-state index is 13.1. The lowest BCUT2D eigenvalue weighted by Crippen LogP contribution is -2.29. The molecule has 0 spiro atoms. The number of aryl methyl sites for hydroxylation is 1. The molecule has 0 bridgehead atoms. The number of hydrogen-bond donors (Lipinski definition) is 1. The summed E-state index contributed by atoms with van der Waals surface area (Å²) < 4.78 is 28.1. The third-order valence-corrected chi connectivity index (χ3v) is 8.52. The van der Waals surface area contributed by atoms with Crippen molar-refractivity contribution in [2.24, 2.45) is 5.92 Å². The maximum atomic E-state index is 13.1. The van der Waals surface area contributed by atoms with Gasteiger partial charge >= 0.3 is 0 Å². The van der Waals surface area contributed by atoms with Crippen molar-refractivity contribution >= 4 is 49.8 Å². The number of nitrogens with one attached hydrogen (secondary N) is 1. The average Bonchev–Trinajstić information content (AvgIpc) is 3.19. The fourth-order valence-electron chi connectivity index (χ4n) is 2.66. The van der Waals surface area contributed by atoms with Gasteiger partial charge in [-0.25, -0.2) is 8.42 Å². The highest BCUT2D eigenvalue weighted by Crippen LogP contribution is 2.29. The predicted octanol–water partition coefficient (Wildman–Crippen LogP) is 4.67.